The van der Waals surface area contributed by atoms with Crippen LogP contribution in [0.2, 0.25) is 24.7 Å². The third-order valence-electron chi connectivity index (χ3n) is 1.95. The van der Waals surface area contributed by atoms with Crippen LogP contribution in [0.5, 0.6) is 0 Å². The molecule has 1 aromatic heterocycles. The second-order valence-corrected chi connectivity index (χ2v) is 9.88. The number of pyridine rings is 1. The van der Waals surface area contributed by atoms with Crippen molar-refractivity contribution < 1.29 is 9.53 Å². The van der Waals surface area contributed by atoms with Crippen LogP contribution in [-0.4, -0.2) is 26.1 Å². The molecule has 1 aromatic rings. The first-order chi connectivity index (χ1) is 8.24. The summed E-state index contributed by atoms with van der Waals surface area (Å²) < 4.78 is 4.50. The Bertz CT molecular complexity index is 590. The molecule has 1 N–H and O–H groups in total. The molecule has 0 amide bonds. The normalized spacial score (nSPS) is 10.5. The number of methoxy groups -OCH3 is 1. The number of aromatic nitrogens is 1. The molecule has 96 valence electrons. The molecule has 4 nitrogen and oxygen atoms in total. The maximum atomic E-state index is 11.7. The highest BCUT2D eigenvalue weighted by atomic mass is 35.5. The summed E-state index contributed by atoms with van der Waals surface area (Å²) in [5.74, 6) is 2.13. The first kappa shape index (κ1) is 14.5. The Hall–Kier alpha value is -1.51. The van der Waals surface area contributed by atoms with Gasteiger partial charge in [0.2, 0.25) is 0 Å². The van der Waals surface area contributed by atoms with Gasteiger partial charge in [0.15, 0.2) is 0 Å². The van der Waals surface area contributed by atoms with Gasteiger partial charge in [-0.25, -0.2) is 4.79 Å². The lowest BCUT2D eigenvalue weighted by Crippen LogP contribution is -2.19. The van der Waals surface area contributed by atoms with Crippen LogP contribution in [-0.2, 0) is 4.74 Å². The van der Waals surface area contributed by atoms with Crippen molar-refractivity contribution in [1.82, 2.24) is 4.98 Å². The van der Waals surface area contributed by atoms with Crippen LogP contribution in [0.25, 0.3) is 0 Å². The Morgan fingerprint density at radius 2 is 2.06 bits per heavy atom. The molecule has 0 bridgehead atoms. The summed E-state index contributed by atoms with van der Waals surface area (Å²) in [6.45, 7) is 6.20. The lowest BCUT2D eigenvalue weighted by molar-refractivity contribution is 0.0594. The first-order valence-electron chi connectivity index (χ1n) is 5.29. The van der Waals surface area contributed by atoms with Gasteiger partial charge in [0.1, 0.15) is 13.8 Å². The van der Waals surface area contributed by atoms with Crippen molar-refractivity contribution in [2.75, 3.05) is 7.11 Å². The molecular weight excluding hydrogens is 270 g/mol. The lowest BCUT2D eigenvalue weighted by atomic mass is 10.2. The lowest BCUT2D eigenvalue weighted by Gasteiger charge is -2.04. The number of H-pyrrole nitrogens is 1. The van der Waals surface area contributed by atoms with Gasteiger partial charge in [0.25, 0.3) is 5.56 Å². The molecule has 0 saturated carbocycles. The van der Waals surface area contributed by atoms with Crippen LogP contribution in [0.3, 0.4) is 0 Å². The van der Waals surface area contributed by atoms with E-state index in [1.807, 2.05) is 0 Å². The Morgan fingerprint density at radius 1 is 1.44 bits per heavy atom. The highest BCUT2D eigenvalue weighted by Gasteiger charge is 2.14. The maximum Gasteiger partial charge on any atom is 0.356 e. The van der Waals surface area contributed by atoms with E-state index in [9.17, 15) is 9.59 Å². The minimum atomic E-state index is -1.57. The zero-order valence-corrected chi connectivity index (χ0v) is 12.4. The topological polar surface area (TPSA) is 59.2 Å². The number of carbonyl (C=O) groups is 1. The van der Waals surface area contributed by atoms with Crippen molar-refractivity contribution in [3.8, 4) is 11.5 Å². The molecule has 0 spiro atoms. The van der Waals surface area contributed by atoms with Crippen molar-refractivity contribution in [1.29, 1.82) is 0 Å². The van der Waals surface area contributed by atoms with E-state index in [1.54, 1.807) is 0 Å². The number of esters is 1. The van der Waals surface area contributed by atoms with Crippen molar-refractivity contribution in [3.63, 3.8) is 0 Å². The fourth-order valence-electron chi connectivity index (χ4n) is 1.10. The summed E-state index contributed by atoms with van der Waals surface area (Å²) in [4.78, 5) is 25.4. The van der Waals surface area contributed by atoms with Crippen LogP contribution in [0.1, 0.15) is 16.1 Å². The molecule has 0 saturated heterocycles. The fraction of sp³-hybridized carbons (Fsp3) is 0.333. The summed E-state index contributed by atoms with van der Waals surface area (Å²) >= 11 is 5.90. The summed E-state index contributed by atoms with van der Waals surface area (Å²) in [6, 6.07) is 1.39. The number of aromatic amines is 1. The molecule has 0 fully saturated rings. The maximum absolute atomic E-state index is 11.7. The van der Waals surface area contributed by atoms with Crippen molar-refractivity contribution in [3.05, 3.63) is 32.7 Å². The summed E-state index contributed by atoms with van der Waals surface area (Å²) in [5.41, 5.74) is 2.83. The monoisotopic (exact) mass is 283 g/mol. The van der Waals surface area contributed by atoms with Gasteiger partial charge in [0.05, 0.1) is 17.7 Å². The second kappa shape index (κ2) is 5.42. The van der Waals surface area contributed by atoms with Crippen molar-refractivity contribution in [2.45, 2.75) is 19.6 Å². The Balaban J connectivity index is 3.27. The van der Waals surface area contributed by atoms with E-state index in [1.165, 1.54) is 13.2 Å². The third-order valence-corrected chi connectivity index (χ3v) is 3.13. The number of rotatable bonds is 1. The number of halogens is 1. The van der Waals surface area contributed by atoms with Crippen LogP contribution in [0, 0.1) is 11.5 Å². The van der Waals surface area contributed by atoms with E-state index < -0.39 is 19.6 Å². The highest BCUT2D eigenvalue weighted by molar-refractivity contribution is 6.83. The van der Waals surface area contributed by atoms with Gasteiger partial charge in [-0.15, -0.1) is 5.54 Å². The van der Waals surface area contributed by atoms with Gasteiger partial charge in [0, 0.05) is 0 Å². The highest BCUT2D eigenvalue weighted by Crippen LogP contribution is 2.13. The number of hydrogen-bond donors (Lipinski definition) is 1. The van der Waals surface area contributed by atoms with E-state index in [-0.39, 0.29) is 16.3 Å². The van der Waals surface area contributed by atoms with E-state index in [0.717, 1.165) is 0 Å². The summed E-state index contributed by atoms with van der Waals surface area (Å²) in [6.07, 6.45) is 0. The molecule has 18 heavy (non-hydrogen) atoms. The summed E-state index contributed by atoms with van der Waals surface area (Å²) in [7, 11) is -0.353. The second-order valence-electron chi connectivity index (χ2n) is 4.73. The van der Waals surface area contributed by atoms with Gasteiger partial charge in [-0.1, -0.05) is 37.2 Å². The fourth-order valence-corrected chi connectivity index (χ4v) is 1.85. The Morgan fingerprint density at radius 3 is 2.56 bits per heavy atom. The van der Waals surface area contributed by atoms with Crippen LogP contribution in [0.4, 0.5) is 0 Å². The first-order valence-corrected chi connectivity index (χ1v) is 9.16. The zero-order valence-electron chi connectivity index (χ0n) is 10.7. The van der Waals surface area contributed by atoms with E-state index in [0.29, 0.717) is 0 Å². The molecule has 0 aliphatic rings. The smallest absolute Gasteiger partial charge is 0.356 e. The Kier molecular flexibility index (Phi) is 4.38. The third kappa shape index (κ3) is 3.76. The number of ether oxygens (including phenoxy) is 1. The predicted molar refractivity (Wildman–Crippen MR) is 73.6 cm³/mol. The molecule has 0 unspecified atom stereocenters. The Labute approximate surface area is 111 Å². The molecule has 0 radical (unpaired) electrons. The molecule has 6 heteroatoms. The van der Waals surface area contributed by atoms with Crippen LogP contribution >= 0.6 is 11.6 Å². The average molecular weight is 284 g/mol. The SMILES string of the molecule is COC(=O)c1[nH]c(=O)c(C#C[Si](C)(C)C)cc1Cl. The predicted octanol–water partition coefficient (Wildman–Crippen LogP) is 2.04. The molecular formula is C12H14ClNO3Si. The molecule has 0 aliphatic heterocycles. The largest absolute Gasteiger partial charge is 0.464 e. The molecule has 1 rings (SSSR count). The van der Waals surface area contributed by atoms with Gasteiger partial charge in [-0.2, -0.15) is 0 Å². The van der Waals surface area contributed by atoms with E-state index in [2.05, 4.69) is 40.8 Å². The molecule has 0 aliphatic carbocycles. The van der Waals surface area contributed by atoms with Gasteiger partial charge >= 0.3 is 5.97 Å². The minimum absolute atomic E-state index is 0.0530. The van der Waals surface area contributed by atoms with Gasteiger partial charge < -0.3 is 9.72 Å². The molecule has 0 aromatic carbocycles. The molecule has 1 heterocycles. The average Bonchev–Trinajstić information content (AvgIpc) is 2.27. The van der Waals surface area contributed by atoms with Crippen molar-refractivity contribution >= 4 is 25.6 Å². The molecule has 0 atom stereocenters. The number of carbonyl (C=O) groups excluding carboxylic acids is 1. The number of hydrogen-bond acceptors (Lipinski definition) is 3. The standard InChI is InChI=1S/C12H14ClNO3Si/c1-17-12(16)10-9(13)7-8(11(15)14-10)5-6-18(2,3)4/h7H,1-4H3,(H,14,15). The quantitative estimate of drug-likeness (QED) is 0.487. The van der Waals surface area contributed by atoms with Gasteiger partial charge in [-0.3, -0.25) is 4.79 Å². The summed E-state index contributed by atoms with van der Waals surface area (Å²) in [5, 5.41) is 0.126. The number of nitrogens with one attached hydrogen (secondary N) is 1. The van der Waals surface area contributed by atoms with Crippen molar-refractivity contribution in [2.24, 2.45) is 0 Å². The minimum Gasteiger partial charge on any atom is -0.464 e. The van der Waals surface area contributed by atoms with Crippen LogP contribution in [0.15, 0.2) is 10.9 Å². The van der Waals surface area contributed by atoms with E-state index >= 15 is 0 Å². The van der Waals surface area contributed by atoms with E-state index in [4.69, 9.17) is 11.6 Å². The van der Waals surface area contributed by atoms with Gasteiger partial charge in [-0.05, 0) is 6.07 Å². The zero-order chi connectivity index (χ0) is 13.9. The van der Waals surface area contributed by atoms with Crippen LogP contribution < -0.4 is 5.56 Å².